The maximum Gasteiger partial charge on any atom is 0.230 e. The molecule has 0 radical (unpaired) electrons. The summed E-state index contributed by atoms with van der Waals surface area (Å²) in [5, 5.41) is 2.93. The molecule has 4 nitrogen and oxygen atoms in total. The summed E-state index contributed by atoms with van der Waals surface area (Å²) in [6.07, 6.45) is 5.51. The topological polar surface area (TPSA) is 68.0 Å². The molecule has 15 heavy (non-hydrogen) atoms. The number of pyridine rings is 1. The highest BCUT2D eigenvalue weighted by molar-refractivity contribution is 8.00. The smallest absolute Gasteiger partial charge is 0.230 e. The number of carbonyl (C=O) groups is 1. The Kier molecular flexibility index (Phi) is 3.11. The molecule has 1 heterocycles. The Morgan fingerprint density at radius 3 is 3.13 bits per heavy atom. The molecule has 1 fully saturated rings. The molecule has 80 valence electrons. The van der Waals surface area contributed by atoms with Crippen LogP contribution in [0.3, 0.4) is 0 Å². The average Bonchev–Trinajstić information content (AvgIpc) is 3.00. The molecule has 3 N–H and O–H groups in total. The highest BCUT2D eigenvalue weighted by Gasteiger charge is 2.22. The molecule has 0 bridgehead atoms. The number of rotatable bonds is 4. The van der Waals surface area contributed by atoms with E-state index in [2.05, 4.69) is 10.3 Å². The highest BCUT2D eigenvalue weighted by atomic mass is 32.2. The van der Waals surface area contributed by atoms with Crippen LogP contribution in [0, 0.1) is 0 Å². The van der Waals surface area contributed by atoms with Gasteiger partial charge in [-0.05, 0) is 18.9 Å². The van der Waals surface area contributed by atoms with Crippen LogP contribution in [0.1, 0.15) is 12.8 Å². The molecule has 5 heteroatoms. The molecular weight excluding hydrogens is 210 g/mol. The van der Waals surface area contributed by atoms with Gasteiger partial charge < -0.3 is 11.1 Å². The number of nitrogen functional groups attached to an aromatic ring is 1. The van der Waals surface area contributed by atoms with E-state index < -0.39 is 0 Å². The van der Waals surface area contributed by atoms with Crippen molar-refractivity contribution in [3.63, 3.8) is 0 Å². The fourth-order valence-electron chi connectivity index (χ4n) is 1.17. The number of amides is 1. The number of anilines is 1. The summed E-state index contributed by atoms with van der Waals surface area (Å²) in [5.74, 6) is 0.503. The van der Waals surface area contributed by atoms with Crippen LogP contribution >= 0.6 is 11.8 Å². The molecule has 1 aliphatic rings. The second-order valence-electron chi connectivity index (χ2n) is 3.54. The molecule has 1 aromatic rings. The van der Waals surface area contributed by atoms with Gasteiger partial charge in [-0.1, -0.05) is 0 Å². The molecule has 0 atom stereocenters. The largest absolute Gasteiger partial charge is 0.397 e. The molecule has 1 aromatic heterocycles. The summed E-state index contributed by atoms with van der Waals surface area (Å²) in [4.78, 5) is 16.2. The van der Waals surface area contributed by atoms with Crippen LogP contribution in [0.5, 0.6) is 0 Å². The SMILES string of the molecule is Nc1cnccc1SCC(=O)NC1CC1. The number of aromatic nitrogens is 1. The van der Waals surface area contributed by atoms with Gasteiger partial charge in [-0.15, -0.1) is 11.8 Å². The minimum atomic E-state index is 0.0821. The Morgan fingerprint density at radius 1 is 1.67 bits per heavy atom. The summed E-state index contributed by atoms with van der Waals surface area (Å²) in [6.45, 7) is 0. The number of hydrogen-bond donors (Lipinski definition) is 2. The zero-order valence-electron chi connectivity index (χ0n) is 8.27. The quantitative estimate of drug-likeness (QED) is 0.748. The van der Waals surface area contributed by atoms with Crippen LogP contribution in [0.25, 0.3) is 0 Å². The van der Waals surface area contributed by atoms with Crippen LogP contribution in [0.2, 0.25) is 0 Å². The zero-order chi connectivity index (χ0) is 10.7. The van der Waals surface area contributed by atoms with Crippen LogP contribution in [0.4, 0.5) is 5.69 Å². The van der Waals surface area contributed by atoms with Gasteiger partial charge in [0.2, 0.25) is 5.91 Å². The first kappa shape index (κ1) is 10.3. The summed E-state index contributed by atoms with van der Waals surface area (Å²) < 4.78 is 0. The van der Waals surface area contributed by atoms with Gasteiger partial charge >= 0.3 is 0 Å². The lowest BCUT2D eigenvalue weighted by Crippen LogP contribution is -2.27. The van der Waals surface area contributed by atoms with Gasteiger partial charge in [-0.3, -0.25) is 9.78 Å². The zero-order valence-corrected chi connectivity index (χ0v) is 9.09. The lowest BCUT2D eigenvalue weighted by Gasteiger charge is -2.04. The van der Waals surface area contributed by atoms with E-state index in [-0.39, 0.29) is 5.91 Å². The molecule has 0 spiro atoms. The standard InChI is InChI=1S/C10H13N3OS/c11-8-5-12-4-3-9(8)15-6-10(14)13-7-1-2-7/h3-5,7H,1-2,6,11H2,(H,13,14). The molecule has 1 amide bonds. The minimum absolute atomic E-state index is 0.0821. The lowest BCUT2D eigenvalue weighted by molar-refractivity contribution is -0.118. The summed E-state index contributed by atoms with van der Waals surface area (Å²) >= 11 is 1.45. The van der Waals surface area contributed by atoms with E-state index in [1.807, 2.05) is 6.07 Å². The first-order valence-electron chi connectivity index (χ1n) is 4.87. The predicted octanol–water partition coefficient (Wildman–Crippen LogP) is 1.03. The molecule has 1 aliphatic carbocycles. The number of thioether (sulfide) groups is 1. The van der Waals surface area contributed by atoms with Gasteiger partial charge in [0.15, 0.2) is 0 Å². The van der Waals surface area contributed by atoms with Crippen molar-refractivity contribution >= 4 is 23.4 Å². The number of carbonyl (C=O) groups excluding carboxylic acids is 1. The van der Waals surface area contributed by atoms with Gasteiger partial charge in [0, 0.05) is 17.1 Å². The van der Waals surface area contributed by atoms with Crippen molar-refractivity contribution < 1.29 is 4.79 Å². The third-order valence-electron chi connectivity index (χ3n) is 2.11. The molecule has 0 aliphatic heterocycles. The van der Waals surface area contributed by atoms with Crippen molar-refractivity contribution in [3.8, 4) is 0 Å². The highest BCUT2D eigenvalue weighted by Crippen LogP contribution is 2.24. The number of nitrogens with zero attached hydrogens (tertiary/aromatic N) is 1. The van der Waals surface area contributed by atoms with Gasteiger partial charge in [0.25, 0.3) is 0 Å². The predicted molar refractivity (Wildman–Crippen MR) is 60.5 cm³/mol. The second-order valence-corrected chi connectivity index (χ2v) is 4.56. The maximum atomic E-state index is 11.4. The van der Waals surface area contributed by atoms with E-state index in [9.17, 15) is 4.79 Å². The van der Waals surface area contributed by atoms with Gasteiger partial charge in [0.1, 0.15) is 0 Å². The Morgan fingerprint density at radius 2 is 2.47 bits per heavy atom. The maximum absolute atomic E-state index is 11.4. The van der Waals surface area contributed by atoms with E-state index in [0.29, 0.717) is 17.5 Å². The van der Waals surface area contributed by atoms with Crippen molar-refractivity contribution in [2.75, 3.05) is 11.5 Å². The van der Waals surface area contributed by atoms with E-state index in [4.69, 9.17) is 5.73 Å². The summed E-state index contributed by atoms with van der Waals surface area (Å²) in [5.41, 5.74) is 6.33. The van der Waals surface area contributed by atoms with Crippen LogP contribution in [0.15, 0.2) is 23.4 Å². The Bertz CT molecular complexity index is 365. The number of hydrogen-bond acceptors (Lipinski definition) is 4. The van der Waals surface area contributed by atoms with Crippen molar-refractivity contribution in [1.29, 1.82) is 0 Å². The molecule has 1 saturated carbocycles. The number of nitrogens with two attached hydrogens (primary N) is 1. The van der Waals surface area contributed by atoms with Crippen LogP contribution < -0.4 is 11.1 Å². The average molecular weight is 223 g/mol. The van der Waals surface area contributed by atoms with E-state index >= 15 is 0 Å². The Hall–Kier alpha value is -1.23. The molecule has 0 aromatic carbocycles. The monoisotopic (exact) mass is 223 g/mol. The summed E-state index contributed by atoms with van der Waals surface area (Å²) in [6, 6.07) is 2.25. The minimum Gasteiger partial charge on any atom is -0.397 e. The first-order chi connectivity index (χ1) is 7.25. The summed E-state index contributed by atoms with van der Waals surface area (Å²) in [7, 11) is 0. The number of nitrogens with one attached hydrogen (secondary N) is 1. The van der Waals surface area contributed by atoms with Gasteiger partial charge in [-0.2, -0.15) is 0 Å². The lowest BCUT2D eigenvalue weighted by atomic mass is 10.4. The third kappa shape index (κ3) is 3.13. The Labute approximate surface area is 92.6 Å². The third-order valence-corrected chi connectivity index (χ3v) is 3.20. The fourth-order valence-corrected chi connectivity index (χ4v) is 1.91. The van der Waals surface area contributed by atoms with E-state index in [1.165, 1.54) is 11.8 Å². The van der Waals surface area contributed by atoms with Crippen molar-refractivity contribution in [3.05, 3.63) is 18.5 Å². The molecular formula is C10H13N3OS. The fraction of sp³-hybridized carbons (Fsp3) is 0.400. The normalized spacial score (nSPS) is 14.9. The Balaban J connectivity index is 1.81. The van der Waals surface area contributed by atoms with E-state index in [1.54, 1.807) is 12.4 Å². The van der Waals surface area contributed by atoms with Crippen molar-refractivity contribution in [2.45, 2.75) is 23.8 Å². The second kappa shape index (κ2) is 4.53. The van der Waals surface area contributed by atoms with E-state index in [0.717, 1.165) is 17.7 Å². The van der Waals surface area contributed by atoms with Crippen molar-refractivity contribution in [1.82, 2.24) is 10.3 Å². The van der Waals surface area contributed by atoms with Crippen LogP contribution in [-0.2, 0) is 4.79 Å². The van der Waals surface area contributed by atoms with Crippen LogP contribution in [-0.4, -0.2) is 22.7 Å². The van der Waals surface area contributed by atoms with Gasteiger partial charge in [0.05, 0.1) is 17.6 Å². The molecule has 0 unspecified atom stereocenters. The molecule has 2 rings (SSSR count). The van der Waals surface area contributed by atoms with Gasteiger partial charge in [-0.25, -0.2) is 0 Å². The molecule has 0 saturated heterocycles. The van der Waals surface area contributed by atoms with Crippen molar-refractivity contribution in [2.24, 2.45) is 0 Å². The first-order valence-corrected chi connectivity index (χ1v) is 5.86.